The van der Waals surface area contributed by atoms with Gasteiger partial charge in [0.15, 0.2) is 5.78 Å². The second-order valence-corrected chi connectivity index (χ2v) is 6.43. The maximum atomic E-state index is 12.8. The number of carbonyl (C=O) groups is 1. The fourth-order valence-electron chi connectivity index (χ4n) is 3.76. The van der Waals surface area contributed by atoms with E-state index in [1.807, 2.05) is 0 Å². The van der Waals surface area contributed by atoms with Gasteiger partial charge in [-0.1, -0.05) is 52.9 Å². The lowest BCUT2D eigenvalue weighted by molar-refractivity contribution is -0.170. The summed E-state index contributed by atoms with van der Waals surface area (Å²) in [6.45, 7) is 6.65. The van der Waals surface area contributed by atoms with Gasteiger partial charge in [-0.3, -0.25) is 4.79 Å². The van der Waals surface area contributed by atoms with E-state index in [9.17, 15) is 4.79 Å². The number of unbranched alkanes of at least 4 members (excludes halogenated alkanes) is 2. The molecule has 2 unspecified atom stereocenters. The van der Waals surface area contributed by atoms with E-state index < -0.39 is 5.60 Å². The Bertz CT molecular complexity index is 287. The van der Waals surface area contributed by atoms with Crippen LogP contribution in [-0.4, -0.2) is 18.5 Å². The maximum absolute atomic E-state index is 12.8. The molecule has 2 heteroatoms. The molecule has 112 valence electrons. The van der Waals surface area contributed by atoms with Crippen molar-refractivity contribution in [1.82, 2.24) is 0 Å². The van der Waals surface area contributed by atoms with E-state index in [4.69, 9.17) is 4.74 Å². The molecule has 0 heterocycles. The fourth-order valence-corrected chi connectivity index (χ4v) is 3.76. The average Bonchev–Trinajstić information content (AvgIpc) is 2.43. The molecule has 0 aliphatic heterocycles. The summed E-state index contributed by atoms with van der Waals surface area (Å²) in [4.78, 5) is 12.8. The summed E-state index contributed by atoms with van der Waals surface area (Å²) in [6, 6.07) is 0. The van der Waals surface area contributed by atoms with Crippen LogP contribution in [0.25, 0.3) is 0 Å². The minimum absolute atomic E-state index is 0.0425. The zero-order valence-corrected chi connectivity index (χ0v) is 13.4. The van der Waals surface area contributed by atoms with Crippen LogP contribution >= 0.6 is 0 Å². The molecule has 1 aliphatic rings. The van der Waals surface area contributed by atoms with Crippen molar-refractivity contribution in [3.05, 3.63) is 0 Å². The van der Waals surface area contributed by atoms with Crippen LogP contribution in [0, 0.1) is 5.41 Å². The molecule has 0 bridgehead atoms. The van der Waals surface area contributed by atoms with Crippen LogP contribution in [0.5, 0.6) is 0 Å². The first-order chi connectivity index (χ1) is 9.06. The normalized spacial score (nSPS) is 31.4. The monoisotopic (exact) mass is 268 g/mol. The molecule has 19 heavy (non-hydrogen) atoms. The molecule has 1 saturated carbocycles. The lowest BCUT2D eigenvalue weighted by Gasteiger charge is -2.50. The quantitative estimate of drug-likeness (QED) is 0.625. The van der Waals surface area contributed by atoms with Gasteiger partial charge >= 0.3 is 0 Å². The van der Waals surface area contributed by atoms with E-state index in [2.05, 4.69) is 20.8 Å². The van der Waals surface area contributed by atoms with Crippen molar-refractivity contribution < 1.29 is 9.53 Å². The zero-order valence-electron chi connectivity index (χ0n) is 13.4. The highest BCUT2D eigenvalue weighted by molar-refractivity contribution is 5.88. The van der Waals surface area contributed by atoms with Gasteiger partial charge in [-0.15, -0.1) is 0 Å². The van der Waals surface area contributed by atoms with Gasteiger partial charge in [0.2, 0.25) is 0 Å². The van der Waals surface area contributed by atoms with E-state index in [0.717, 1.165) is 38.5 Å². The van der Waals surface area contributed by atoms with Crippen molar-refractivity contribution in [2.45, 2.75) is 90.6 Å². The van der Waals surface area contributed by atoms with E-state index in [-0.39, 0.29) is 5.41 Å². The second-order valence-electron chi connectivity index (χ2n) is 6.43. The fraction of sp³-hybridized carbons (Fsp3) is 0.941. The minimum atomic E-state index is -0.504. The molecule has 0 aromatic rings. The highest BCUT2D eigenvalue weighted by Crippen LogP contribution is 2.50. The summed E-state index contributed by atoms with van der Waals surface area (Å²) >= 11 is 0. The van der Waals surface area contributed by atoms with Gasteiger partial charge in [-0.2, -0.15) is 0 Å². The van der Waals surface area contributed by atoms with E-state index >= 15 is 0 Å². The van der Waals surface area contributed by atoms with E-state index in [1.165, 1.54) is 19.3 Å². The van der Waals surface area contributed by atoms with Gasteiger partial charge in [0, 0.05) is 18.9 Å². The van der Waals surface area contributed by atoms with Crippen LogP contribution in [0.2, 0.25) is 0 Å². The van der Waals surface area contributed by atoms with Crippen molar-refractivity contribution in [3.63, 3.8) is 0 Å². The molecule has 1 fully saturated rings. The molecule has 1 rings (SSSR count). The number of methoxy groups -OCH3 is 1. The molecule has 1 aliphatic carbocycles. The molecule has 0 spiro atoms. The number of carbonyl (C=O) groups excluding carboxylic acids is 1. The van der Waals surface area contributed by atoms with Crippen LogP contribution in [-0.2, 0) is 9.53 Å². The Morgan fingerprint density at radius 2 is 1.74 bits per heavy atom. The number of ketones is 1. The second kappa shape index (κ2) is 7.42. The molecule has 2 atom stereocenters. The minimum Gasteiger partial charge on any atom is -0.370 e. The Morgan fingerprint density at radius 1 is 1.11 bits per heavy atom. The third-order valence-electron chi connectivity index (χ3n) is 5.12. The van der Waals surface area contributed by atoms with E-state index in [1.54, 1.807) is 7.11 Å². The first kappa shape index (κ1) is 16.7. The Hall–Kier alpha value is -0.370. The van der Waals surface area contributed by atoms with Crippen LogP contribution in [0.15, 0.2) is 0 Å². The van der Waals surface area contributed by atoms with E-state index in [0.29, 0.717) is 12.2 Å². The Labute approximate surface area is 119 Å². The molecule has 0 aromatic carbocycles. The standard InChI is InChI=1S/C17H32O2/c1-5-7-11-15(18)17(19-4)14-10-9-13-16(17,3)12-8-6-2/h5-14H2,1-4H3. The molecule has 0 radical (unpaired) electrons. The molecule has 0 aromatic heterocycles. The van der Waals surface area contributed by atoms with Gasteiger partial charge in [-0.05, 0) is 25.7 Å². The summed E-state index contributed by atoms with van der Waals surface area (Å²) in [5.41, 5.74) is -0.462. The van der Waals surface area contributed by atoms with Crippen molar-refractivity contribution in [3.8, 4) is 0 Å². The average molecular weight is 268 g/mol. The third kappa shape index (κ3) is 3.39. The Kier molecular flexibility index (Phi) is 6.52. The van der Waals surface area contributed by atoms with Crippen molar-refractivity contribution >= 4 is 5.78 Å². The number of Topliss-reactive ketones (excluding diaryl/α,β-unsaturated/α-hetero) is 1. The molecule has 0 N–H and O–H groups in total. The Morgan fingerprint density at radius 3 is 2.32 bits per heavy atom. The molecule has 0 amide bonds. The molecule has 2 nitrogen and oxygen atoms in total. The van der Waals surface area contributed by atoms with Gasteiger partial charge in [0.05, 0.1) is 0 Å². The van der Waals surface area contributed by atoms with Gasteiger partial charge in [0.1, 0.15) is 5.60 Å². The molecular weight excluding hydrogens is 236 g/mol. The lowest BCUT2D eigenvalue weighted by Crippen LogP contribution is -2.56. The summed E-state index contributed by atoms with van der Waals surface area (Å²) in [7, 11) is 1.75. The largest absolute Gasteiger partial charge is 0.370 e. The number of rotatable bonds is 8. The predicted molar refractivity (Wildman–Crippen MR) is 80.4 cm³/mol. The summed E-state index contributed by atoms with van der Waals surface area (Å²) in [5.74, 6) is 0.357. The van der Waals surface area contributed by atoms with Gasteiger partial charge < -0.3 is 4.74 Å². The first-order valence-electron chi connectivity index (χ1n) is 8.14. The number of ether oxygens (including phenoxy) is 1. The highest BCUT2D eigenvalue weighted by atomic mass is 16.5. The maximum Gasteiger partial charge on any atom is 0.165 e. The third-order valence-corrected chi connectivity index (χ3v) is 5.12. The smallest absolute Gasteiger partial charge is 0.165 e. The number of hydrogen-bond acceptors (Lipinski definition) is 2. The van der Waals surface area contributed by atoms with Crippen molar-refractivity contribution in [1.29, 1.82) is 0 Å². The SMILES string of the molecule is CCCCC(=O)C1(OC)CCCCC1(C)CCCC. The van der Waals surface area contributed by atoms with Crippen LogP contribution in [0.4, 0.5) is 0 Å². The molecular formula is C17H32O2. The van der Waals surface area contributed by atoms with Crippen LogP contribution in [0.1, 0.15) is 85.0 Å². The van der Waals surface area contributed by atoms with Gasteiger partial charge in [-0.25, -0.2) is 0 Å². The zero-order chi connectivity index (χ0) is 14.4. The van der Waals surface area contributed by atoms with Crippen molar-refractivity contribution in [2.75, 3.05) is 7.11 Å². The topological polar surface area (TPSA) is 26.3 Å². The lowest BCUT2D eigenvalue weighted by atomic mass is 9.59. The summed E-state index contributed by atoms with van der Waals surface area (Å²) in [6.07, 6.45) is 10.7. The van der Waals surface area contributed by atoms with Crippen LogP contribution < -0.4 is 0 Å². The summed E-state index contributed by atoms with van der Waals surface area (Å²) < 4.78 is 5.90. The highest BCUT2D eigenvalue weighted by Gasteiger charge is 2.53. The number of hydrogen-bond donors (Lipinski definition) is 0. The summed E-state index contributed by atoms with van der Waals surface area (Å²) in [5, 5.41) is 0. The Balaban J connectivity index is 2.93. The predicted octanol–water partition coefficient (Wildman–Crippen LogP) is 4.90. The first-order valence-corrected chi connectivity index (χ1v) is 8.14. The van der Waals surface area contributed by atoms with Gasteiger partial charge in [0.25, 0.3) is 0 Å². The van der Waals surface area contributed by atoms with Crippen LogP contribution in [0.3, 0.4) is 0 Å². The molecule has 0 saturated heterocycles. The van der Waals surface area contributed by atoms with Crippen molar-refractivity contribution in [2.24, 2.45) is 5.41 Å².